The molecule has 1 atom stereocenters. The molecule has 1 unspecified atom stereocenters. The van der Waals surface area contributed by atoms with E-state index >= 15 is 0 Å². The minimum atomic E-state index is 0.839. The highest BCUT2D eigenvalue weighted by atomic mass is 14.9. The molecule has 0 radical (unpaired) electrons. The van der Waals surface area contributed by atoms with Crippen LogP contribution in [0.2, 0.25) is 0 Å². The van der Waals surface area contributed by atoms with Crippen LogP contribution in [0.15, 0.2) is 0 Å². The quantitative estimate of drug-likeness (QED) is 0.708. The van der Waals surface area contributed by atoms with Crippen molar-refractivity contribution in [1.29, 1.82) is 0 Å². The Morgan fingerprint density at radius 3 is 2.38 bits per heavy atom. The number of nitrogens with one attached hydrogen (secondary N) is 1. The Morgan fingerprint density at radius 1 is 1.23 bits per heavy atom. The van der Waals surface area contributed by atoms with Crippen LogP contribution in [0, 0.1) is 5.92 Å². The van der Waals surface area contributed by atoms with Crippen molar-refractivity contribution in [3.8, 4) is 0 Å². The van der Waals surface area contributed by atoms with Gasteiger partial charge in [-0.3, -0.25) is 0 Å². The molecule has 0 amide bonds. The average molecular weight is 185 g/mol. The van der Waals surface area contributed by atoms with Crippen LogP contribution in [0.5, 0.6) is 0 Å². The van der Waals surface area contributed by atoms with Crippen molar-refractivity contribution in [1.82, 2.24) is 5.32 Å². The lowest BCUT2D eigenvalue weighted by atomic mass is 9.97. The molecule has 80 valence electrons. The van der Waals surface area contributed by atoms with Gasteiger partial charge in [-0.2, -0.15) is 0 Å². The maximum atomic E-state index is 3.57. The van der Waals surface area contributed by atoms with Gasteiger partial charge in [0.25, 0.3) is 0 Å². The van der Waals surface area contributed by atoms with Crippen molar-refractivity contribution < 1.29 is 0 Å². The highest BCUT2D eigenvalue weighted by molar-refractivity contribution is 4.72. The van der Waals surface area contributed by atoms with E-state index in [1.54, 1.807) is 0 Å². The molecule has 1 heteroatoms. The molecule has 0 saturated carbocycles. The maximum absolute atomic E-state index is 3.57. The van der Waals surface area contributed by atoms with Gasteiger partial charge in [0.15, 0.2) is 0 Å². The summed E-state index contributed by atoms with van der Waals surface area (Å²) < 4.78 is 0. The van der Waals surface area contributed by atoms with E-state index in [1.807, 2.05) is 13.8 Å². The smallest absolute Gasteiger partial charge is 0.00671 e. The predicted molar refractivity (Wildman–Crippen MR) is 61.1 cm³/mol. The normalized spacial score (nSPS) is 22.4. The first-order valence-corrected chi connectivity index (χ1v) is 6.02. The van der Waals surface area contributed by atoms with Crippen LogP contribution >= 0.6 is 0 Å². The Morgan fingerprint density at radius 2 is 1.92 bits per heavy atom. The van der Waals surface area contributed by atoms with Gasteiger partial charge in [-0.25, -0.2) is 0 Å². The van der Waals surface area contributed by atoms with E-state index in [4.69, 9.17) is 0 Å². The van der Waals surface area contributed by atoms with E-state index in [2.05, 4.69) is 19.2 Å². The Hall–Kier alpha value is -0.0400. The second-order valence-corrected chi connectivity index (χ2v) is 4.12. The second kappa shape index (κ2) is 8.55. The molecule has 1 fully saturated rings. The molecule has 0 bridgehead atoms. The first kappa shape index (κ1) is 13.0. The SMILES string of the molecule is CC.CC(C)CCC1CCCCN1. The first-order chi connectivity index (χ1) is 6.29. The number of piperidine rings is 1. The van der Waals surface area contributed by atoms with E-state index in [1.165, 1.54) is 38.6 Å². The molecule has 0 aromatic carbocycles. The number of hydrogen-bond donors (Lipinski definition) is 1. The summed E-state index contributed by atoms with van der Waals surface area (Å²) in [7, 11) is 0. The largest absolute Gasteiger partial charge is 0.314 e. The standard InChI is InChI=1S/C10H21N.C2H6/c1-9(2)6-7-10-5-3-4-8-11-10;1-2/h9-11H,3-8H2,1-2H3;1-2H3. The molecule has 0 spiro atoms. The van der Waals surface area contributed by atoms with E-state index in [9.17, 15) is 0 Å². The third-order valence-electron chi connectivity index (χ3n) is 2.50. The average Bonchev–Trinajstić information content (AvgIpc) is 2.19. The molecule has 1 aliphatic heterocycles. The molecule has 1 nitrogen and oxygen atoms in total. The Balaban J connectivity index is 0.000000671. The van der Waals surface area contributed by atoms with Gasteiger partial charge >= 0.3 is 0 Å². The van der Waals surface area contributed by atoms with Gasteiger partial charge in [-0.05, 0) is 38.1 Å². The van der Waals surface area contributed by atoms with Crippen molar-refractivity contribution in [2.45, 2.75) is 65.8 Å². The first-order valence-electron chi connectivity index (χ1n) is 6.02. The fraction of sp³-hybridized carbons (Fsp3) is 1.00. The molecule has 0 aromatic heterocycles. The van der Waals surface area contributed by atoms with Crippen LogP contribution < -0.4 is 5.32 Å². The fourth-order valence-electron chi connectivity index (χ4n) is 1.70. The van der Waals surface area contributed by atoms with Gasteiger partial charge in [0.1, 0.15) is 0 Å². The van der Waals surface area contributed by atoms with Crippen molar-refractivity contribution in [3.63, 3.8) is 0 Å². The molecular weight excluding hydrogens is 158 g/mol. The molecule has 1 saturated heterocycles. The fourth-order valence-corrected chi connectivity index (χ4v) is 1.70. The zero-order chi connectivity index (χ0) is 10.1. The van der Waals surface area contributed by atoms with E-state index in [0.717, 1.165) is 12.0 Å². The predicted octanol–water partition coefficient (Wildman–Crippen LogP) is 3.59. The maximum Gasteiger partial charge on any atom is 0.00671 e. The minimum Gasteiger partial charge on any atom is -0.314 e. The zero-order valence-electron chi connectivity index (χ0n) is 9.90. The summed E-state index contributed by atoms with van der Waals surface area (Å²) in [4.78, 5) is 0. The highest BCUT2D eigenvalue weighted by Crippen LogP contribution is 2.14. The zero-order valence-corrected chi connectivity index (χ0v) is 9.90. The van der Waals surface area contributed by atoms with Gasteiger partial charge in [-0.15, -0.1) is 0 Å². The summed E-state index contributed by atoms with van der Waals surface area (Å²) in [5.41, 5.74) is 0. The van der Waals surface area contributed by atoms with E-state index in [-0.39, 0.29) is 0 Å². The van der Waals surface area contributed by atoms with E-state index < -0.39 is 0 Å². The van der Waals surface area contributed by atoms with Crippen molar-refractivity contribution in [2.75, 3.05) is 6.54 Å². The Labute approximate surface area is 84.3 Å². The van der Waals surface area contributed by atoms with Gasteiger partial charge in [0.2, 0.25) is 0 Å². The molecular formula is C12H27N. The van der Waals surface area contributed by atoms with Crippen LogP contribution in [-0.4, -0.2) is 12.6 Å². The van der Waals surface area contributed by atoms with Crippen LogP contribution in [-0.2, 0) is 0 Å². The van der Waals surface area contributed by atoms with Crippen LogP contribution in [0.3, 0.4) is 0 Å². The van der Waals surface area contributed by atoms with Crippen LogP contribution in [0.25, 0.3) is 0 Å². The van der Waals surface area contributed by atoms with Gasteiger partial charge in [0.05, 0.1) is 0 Å². The summed E-state index contributed by atoms with van der Waals surface area (Å²) in [6.07, 6.45) is 7.01. The summed E-state index contributed by atoms with van der Waals surface area (Å²) in [5, 5.41) is 3.57. The molecule has 1 heterocycles. The molecule has 1 N–H and O–H groups in total. The lowest BCUT2D eigenvalue weighted by Gasteiger charge is -2.23. The van der Waals surface area contributed by atoms with Gasteiger partial charge in [0, 0.05) is 6.04 Å². The Kier molecular flexibility index (Phi) is 8.53. The lowest BCUT2D eigenvalue weighted by molar-refractivity contribution is 0.358. The van der Waals surface area contributed by atoms with Crippen LogP contribution in [0.1, 0.15) is 59.8 Å². The third-order valence-corrected chi connectivity index (χ3v) is 2.50. The lowest BCUT2D eigenvalue weighted by Crippen LogP contribution is -2.33. The summed E-state index contributed by atoms with van der Waals surface area (Å²) in [5.74, 6) is 0.874. The summed E-state index contributed by atoms with van der Waals surface area (Å²) in [6.45, 7) is 9.87. The number of rotatable bonds is 3. The third kappa shape index (κ3) is 7.06. The molecule has 1 aliphatic rings. The highest BCUT2D eigenvalue weighted by Gasteiger charge is 2.11. The number of hydrogen-bond acceptors (Lipinski definition) is 1. The molecule has 1 rings (SSSR count). The summed E-state index contributed by atoms with van der Waals surface area (Å²) in [6, 6.07) is 0.839. The van der Waals surface area contributed by atoms with Gasteiger partial charge in [-0.1, -0.05) is 34.1 Å². The summed E-state index contributed by atoms with van der Waals surface area (Å²) >= 11 is 0. The topological polar surface area (TPSA) is 12.0 Å². The van der Waals surface area contributed by atoms with Crippen molar-refractivity contribution in [3.05, 3.63) is 0 Å². The van der Waals surface area contributed by atoms with Gasteiger partial charge < -0.3 is 5.32 Å². The van der Waals surface area contributed by atoms with Crippen molar-refractivity contribution >= 4 is 0 Å². The minimum absolute atomic E-state index is 0.839. The second-order valence-electron chi connectivity index (χ2n) is 4.12. The van der Waals surface area contributed by atoms with Crippen LogP contribution in [0.4, 0.5) is 0 Å². The molecule has 0 aliphatic carbocycles. The van der Waals surface area contributed by atoms with E-state index in [0.29, 0.717) is 0 Å². The Bertz CT molecular complexity index is 93.3. The molecule has 13 heavy (non-hydrogen) atoms. The monoisotopic (exact) mass is 185 g/mol. The molecule has 0 aromatic rings. The van der Waals surface area contributed by atoms with Crippen molar-refractivity contribution in [2.24, 2.45) is 5.92 Å².